The van der Waals surface area contributed by atoms with Crippen LogP contribution >= 0.6 is 6.92 Å². The Bertz CT molecular complexity index is 513. The van der Waals surface area contributed by atoms with Crippen LogP contribution in [0.25, 0.3) is 5.09 Å². The number of nitrogens with zero attached hydrogens (tertiary/aromatic N) is 3. The molecule has 2 rings (SSSR count). The van der Waals surface area contributed by atoms with E-state index in [-0.39, 0.29) is 11.1 Å². The second-order valence-corrected chi connectivity index (χ2v) is 16.5. The van der Waals surface area contributed by atoms with Gasteiger partial charge in [0, 0.05) is 11.1 Å². The molecule has 6 heteroatoms. The summed E-state index contributed by atoms with van der Waals surface area (Å²) in [4.78, 5) is 0. The van der Waals surface area contributed by atoms with Crippen molar-refractivity contribution in [1.29, 1.82) is 0 Å². The Kier molecular flexibility index (Phi) is 4.56. The molecule has 0 saturated carbocycles. The van der Waals surface area contributed by atoms with Crippen molar-refractivity contribution in [2.45, 2.75) is 65.7 Å². The minimum atomic E-state index is -2.11. The normalized spacial score (nSPS) is 22.2. The van der Waals surface area contributed by atoms with Gasteiger partial charge in [0.1, 0.15) is 0 Å². The highest BCUT2D eigenvalue weighted by atomic mass is 32.7. The lowest BCUT2D eigenvalue weighted by atomic mass is 10.1. The van der Waals surface area contributed by atoms with Gasteiger partial charge in [0.05, 0.1) is 0 Å². The zero-order chi connectivity index (χ0) is 17.0. The molecule has 22 heavy (non-hydrogen) atoms. The molecule has 0 N–H and O–H groups in total. The van der Waals surface area contributed by atoms with E-state index in [2.05, 4.69) is 75.4 Å². The molecule has 0 radical (unpaired) electrons. The van der Waals surface area contributed by atoms with Gasteiger partial charge in [-0.05, 0) is 61.6 Å². The zero-order valence-electron chi connectivity index (χ0n) is 15.1. The molecule has 0 atom stereocenters. The maximum Gasteiger partial charge on any atom is 0.276 e. The number of benzene rings is 1. The average molecular weight is 355 g/mol. The van der Waals surface area contributed by atoms with Crippen LogP contribution in [0.4, 0.5) is 5.69 Å². The molecule has 1 fully saturated rings. The van der Waals surface area contributed by atoms with Crippen LogP contribution in [-0.4, -0.2) is 28.1 Å². The standard InChI is InChI=1S/C16H29N3PSSi/c1-15(2,3)18-20(21,17-14-12-10-9-11-13-14)19(16(4,5)6)22(18,7)8/h9-13H,1-8H3/q-1. The highest BCUT2D eigenvalue weighted by molar-refractivity contribution is 8.43. The van der Waals surface area contributed by atoms with Gasteiger partial charge in [-0.15, -0.1) is 5.69 Å². The van der Waals surface area contributed by atoms with E-state index in [0.29, 0.717) is 0 Å². The summed E-state index contributed by atoms with van der Waals surface area (Å²) >= 11 is 6.23. The molecule has 1 aromatic rings. The van der Waals surface area contributed by atoms with Gasteiger partial charge in [0.2, 0.25) is 0 Å². The maximum atomic E-state index is 6.23. The van der Waals surface area contributed by atoms with Crippen LogP contribution in [0.15, 0.2) is 30.3 Å². The highest BCUT2D eigenvalue weighted by Crippen LogP contribution is 2.84. The smallest absolute Gasteiger partial charge is 0.276 e. The summed E-state index contributed by atoms with van der Waals surface area (Å²) < 4.78 is 5.17. The second kappa shape index (κ2) is 5.49. The van der Waals surface area contributed by atoms with Gasteiger partial charge in [-0.25, -0.2) is 0 Å². The predicted octanol–water partition coefficient (Wildman–Crippen LogP) is 5.83. The quantitative estimate of drug-likeness (QED) is 0.378. The van der Waals surface area contributed by atoms with Crippen LogP contribution in [0, 0.1) is 0 Å². The molecule has 0 aliphatic carbocycles. The van der Waals surface area contributed by atoms with E-state index in [0.717, 1.165) is 5.69 Å². The Morgan fingerprint density at radius 3 is 1.68 bits per heavy atom. The van der Waals surface area contributed by atoms with Crippen LogP contribution in [0.1, 0.15) is 41.5 Å². The van der Waals surface area contributed by atoms with E-state index in [1.54, 1.807) is 0 Å². The van der Waals surface area contributed by atoms with Crippen molar-refractivity contribution in [2.75, 3.05) is 0 Å². The number of rotatable bonds is 2. The van der Waals surface area contributed by atoms with Gasteiger partial charge in [-0.1, -0.05) is 30.3 Å². The van der Waals surface area contributed by atoms with Crippen molar-refractivity contribution in [3.05, 3.63) is 35.4 Å². The van der Waals surface area contributed by atoms with Gasteiger partial charge in [0.25, 0.3) is 8.40 Å². The molecule has 124 valence electrons. The lowest BCUT2D eigenvalue weighted by molar-refractivity contribution is 0.239. The fraction of sp³-hybridized carbons (Fsp3) is 0.625. The molecule has 0 bridgehead atoms. The summed E-state index contributed by atoms with van der Waals surface area (Å²) in [7, 11) is -1.75. The molecule has 1 aliphatic rings. The van der Waals surface area contributed by atoms with Crippen molar-refractivity contribution in [3.63, 3.8) is 0 Å². The van der Waals surface area contributed by atoms with Crippen LogP contribution in [0.3, 0.4) is 0 Å². The molecule has 0 amide bonds. The molecule has 0 aromatic heterocycles. The van der Waals surface area contributed by atoms with E-state index in [4.69, 9.17) is 17.3 Å². The van der Waals surface area contributed by atoms with E-state index in [9.17, 15) is 0 Å². The monoisotopic (exact) mass is 354 g/mol. The van der Waals surface area contributed by atoms with Crippen molar-refractivity contribution < 1.29 is 0 Å². The van der Waals surface area contributed by atoms with Gasteiger partial charge in [-0.2, -0.15) is 8.67 Å². The molecule has 1 saturated heterocycles. The summed E-state index contributed by atoms with van der Waals surface area (Å²) in [6, 6.07) is 10.2. The Labute approximate surface area is 143 Å². The minimum absolute atomic E-state index is 0.0469. The van der Waals surface area contributed by atoms with Gasteiger partial charge in [-0.3, -0.25) is 0 Å². The molecule has 1 heterocycles. The van der Waals surface area contributed by atoms with E-state index in [1.807, 2.05) is 18.2 Å². The molecule has 1 aliphatic heterocycles. The topological polar surface area (TPSA) is 20.6 Å². The van der Waals surface area contributed by atoms with Crippen LogP contribution < -0.4 is 0 Å². The first kappa shape index (κ1) is 18.3. The summed E-state index contributed by atoms with van der Waals surface area (Å²) in [6.45, 7) is 16.3. The Morgan fingerprint density at radius 2 is 1.32 bits per heavy atom. The minimum Gasteiger partial charge on any atom is -0.530 e. The summed E-state index contributed by atoms with van der Waals surface area (Å²) in [5, 5.41) is 5.10. The SMILES string of the molecule is CC(C)(C)N1[Si](C)(C)N(C(C)(C)C)[P+]1([S-])[N-]c1ccccc1. The van der Waals surface area contributed by atoms with Gasteiger partial charge < -0.3 is 17.3 Å². The largest absolute Gasteiger partial charge is 0.530 e. The van der Waals surface area contributed by atoms with Crippen molar-refractivity contribution >= 4 is 33.2 Å². The number of hydrogen-bond acceptors (Lipinski definition) is 3. The van der Waals surface area contributed by atoms with Crippen LogP contribution in [0.5, 0.6) is 0 Å². The maximum absolute atomic E-state index is 6.23. The summed E-state index contributed by atoms with van der Waals surface area (Å²) in [6.07, 6.45) is 0. The average Bonchev–Trinajstić information content (AvgIpc) is 2.23. The fourth-order valence-electron chi connectivity index (χ4n) is 3.94. The molecular formula is C16H29N3PSSi-. The Morgan fingerprint density at radius 1 is 0.909 bits per heavy atom. The molecule has 0 unspecified atom stereocenters. The zero-order valence-corrected chi connectivity index (χ0v) is 17.8. The van der Waals surface area contributed by atoms with E-state index < -0.39 is 15.3 Å². The van der Waals surface area contributed by atoms with Crippen LogP contribution in [0.2, 0.25) is 13.1 Å². The second-order valence-electron chi connectivity index (χ2n) is 8.41. The molecule has 1 aromatic carbocycles. The highest BCUT2D eigenvalue weighted by Gasteiger charge is 2.68. The van der Waals surface area contributed by atoms with Crippen LogP contribution in [-0.2, 0) is 12.2 Å². The van der Waals surface area contributed by atoms with Gasteiger partial charge in [0.15, 0.2) is 0 Å². The lowest BCUT2D eigenvalue weighted by Crippen LogP contribution is -2.79. The predicted molar refractivity (Wildman–Crippen MR) is 104 cm³/mol. The third kappa shape index (κ3) is 2.99. The van der Waals surface area contributed by atoms with E-state index >= 15 is 0 Å². The van der Waals surface area contributed by atoms with Crippen molar-refractivity contribution in [3.8, 4) is 0 Å². The van der Waals surface area contributed by atoms with Crippen molar-refractivity contribution in [2.24, 2.45) is 0 Å². The Balaban J connectivity index is 2.46. The first-order chi connectivity index (χ1) is 9.81. The molecule has 0 spiro atoms. The first-order valence-electron chi connectivity index (χ1n) is 7.81. The third-order valence-corrected chi connectivity index (χ3v) is 16.7. The number of hydrogen-bond donors (Lipinski definition) is 0. The first-order valence-corrected chi connectivity index (χ1v) is 13.4. The fourth-order valence-corrected chi connectivity index (χ4v) is 21.0. The molecular weight excluding hydrogens is 325 g/mol. The molecule has 3 nitrogen and oxygen atoms in total. The van der Waals surface area contributed by atoms with Gasteiger partial charge >= 0.3 is 0 Å². The summed E-state index contributed by atoms with van der Waals surface area (Å²) in [5.41, 5.74) is 1.09. The summed E-state index contributed by atoms with van der Waals surface area (Å²) in [5.74, 6) is 0. The van der Waals surface area contributed by atoms with Crippen molar-refractivity contribution in [1.82, 2.24) is 8.67 Å². The third-order valence-electron chi connectivity index (χ3n) is 3.83. The Hall–Kier alpha value is -0.0631. The lowest BCUT2D eigenvalue weighted by Gasteiger charge is -2.78. The van der Waals surface area contributed by atoms with E-state index in [1.165, 1.54) is 0 Å².